The molecular weight excluding hydrogens is 248 g/mol. The van der Waals surface area contributed by atoms with Crippen LogP contribution in [-0.2, 0) is 0 Å². The summed E-state index contributed by atoms with van der Waals surface area (Å²) in [5.41, 5.74) is 0.800. The van der Waals surface area contributed by atoms with Crippen molar-refractivity contribution < 1.29 is 0 Å². The Morgan fingerprint density at radius 3 is 2.45 bits per heavy atom. The Morgan fingerprint density at radius 2 is 1.85 bits per heavy atom. The van der Waals surface area contributed by atoms with Crippen LogP contribution in [-0.4, -0.2) is 49.6 Å². The molecule has 0 unspecified atom stereocenters. The second kappa shape index (κ2) is 6.33. The first-order valence-corrected chi connectivity index (χ1v) is 8.15. The second-order valence-corrected chi connectivity index (χ2v) is 7.53. The summed E-state index contributed by atoms with van der Waals surface area (Å²) in [6.07, 6.45) is 7.05. The van der Waals surface area contributed by atoms with E-state index < -0.39 is 0 Å². The van der Waals surface area contributed by atoms with Gasteiger partial charge in [-0.1, -0.05) is 12.8 Å². The van der Waals surface area contributed by atoms with E-state index in [1.807, 2.05) is 7.05 Å². The van der Waals surface area contributed by atoms with E-state index in [1.165, 1.54) is 45.2 Å². The largest absolute Gasteiger partial charge is 0.355 e. The summed E-state index contributed by atoms with van der Waals surface area (Å²) in [6, 6.07) is 0. The number of rotatable bonds is 3. The maximum absolute atomic E-state index is 4.46. The van der Waals surface area contributed by atoms with E-state index in [-0.39, 0.29) is 5.54 Å². The third-order valence-electron chi connectivity index (χ3n) is 4.68. The number of hydrogen-bond acceptors (Lipinski definition) is 2. The monoisotopic (exact) mass is 280 g/mol. The minimum absolute atomic E-state index is 0.187. The molecule has 1 saturated carbocycles. The van der Waals surface area contributed by atoms with Crippen molar-refractivity contribution in [3.63, 3.8) is 0 Å². The standard InChI is InChI=1S/C16H32N4/c1-15(2,3)19-11-10-18-14(17-4)20-12-9-16(13-20)7-5-6-8-16/h19H,5-13H2,1-4H3,(H,17,18). The summed E-state index contributed by atoms with van der Waals surface area (Å²) < 4.78 is 0. The van der Waals surface area contributed by atoms with Crippen LogP contribution in [0.1, 0.15) is 52.9 Å². The smallest absolute Gasteiger partial charge is 0.193 e. The molecule has 1 aliphatic carbocycles. The van der Waals surface area contributed by atoms with Crippen LogP contribution in [0, 0.1) is 5.41 Å². The Balaban J connectivity index is 1.76. The van der Waals surface area contributed by atoms with E-state index in [0.717, 1.165) is 19.0 Å². The first kappa shape index (κ1) is 15.6. The van der Waals surface area contributed by atoms with Crippen LogP contribution in [0.15, 0.2) is 4.99 Å². The molecule has 0 aromatic rings. The Bertz CT molecular complexity index is 337. The lowest BCUT2D eigenvalue weighted by Crippen LogP contribution is -2.45. The molecule has 2 N–H and O–H groups in total. The molecule has 1 spiro atoms. The third kappa shape index (κ3) is 4.11. The van der Waals surface area contributed by atoms with Gasteiger partial charge >= 0.3 is 0 Å². The van der Waals surface area contributed by atoms with Crippen molar-refractivity contribution in [2.75, 3.05) is 33.2 Å². The highest BCUT2D eigenvalue weighted by atomic mass is 15.3. The zero-order chi connectivity index (χ0) is 14.6. The van der Waals surface area contributed by atoms with E-state index in [9.17, 15) is 0 Å². The fraction of sp³-hybridized carbons (Fsp3) is 0.938. The predicted molar refractivity (Wildman–Crippen MR) is 86.2 cm³/mol. The first-order valence-electron chi connectivity index (χ1n) is 8.15. The number of nitrogens with zero attached hydrogens (tertiary/aromatic N) is 2. The molecule has 0 amide bonds. The van der Waals surface area contributed by atoms with Crippen molar-refractivity contribution >= 4 is 5.96 Å². The third-order valence-corrected chi connectivity index (χ3v) is 4.68. The van der Waals surface area contributed by atoms with Crippen LogP contribution < -0.4 is 10.6 Å². The Kier molecular flexibility index (Phi) is 4.95. The predicted octanol–water partition coefficient (Wildman–Crippen LogP) is 2.22. The number of nitrogens with one attached hydrogen (secondary N) is 2. The molecule has 20 heavy (non-hydrogen) atoms. The Labute approximate surface area is 124 Å². The Morgan fingerprint density at radius 1 is 1.15 bits per heavy atom. The SMILES string of the molecule is CN=C(NCCNC(C)(C)C)N1CCC2(CCCC2)C1. The van der Waals surface area contributed by atoms with E-state index in [2.05, 4.69) is 41.3 Å². The van der Waals surface area contributed by atoms with Crippen molar-refractivity contribution in [2.45, 2.75) is 58.4 Å². The normalized spacial score (nSPS) is 22.8. The molecule has 0 radical (unpaired) electrons. The van der Waals surface area contributed by atoms with E-state index in [1.54, 1.807) is 0 Å². The van der Waals surface area contributed by atoms with Crippen LogP contribution in [0.4, 0.5) is 0 Å². The van der Waals surface area contributed by atoms with Gasteiger partial charge in [0.1, 0.15) is 0 Å². The molecule has 4 heteroatoms. The quantitative estimate of drug-likeness (QED) is 0.473. The second-order valence-electron chi connectivity index (χ2n) is 7.53. The lowest BCUT2D eigenvalue weighted by Gasteiger charge is -2.26. The highest BCUT2D eigenvalue weighted by Gasteiger charge is 2.40. The van der Waals surface area contributed by atoms with Gasteiger partial charge in [-0.25, -0.2) is 0 Å². The number of guanidine groups is 1. The van der Waals surface area contributed by atoms with E-state index >= 15 is 0 Å². The molecule has 116 valence electrons. The average Bonchev–Trinajstić information content (AvgIpc) is 2.99. The number of likely N-dealkylation sites (tertiary alicyclic amines) is 1. The Hall–Kier alpha value is -0.770. The molecule has 1 saturated heterocycles. The molecule has 2 aliphatic rings. The summed E-state index contributed by atoms with van der Waals surface area (Å²) in [6.45, 7) is 10.9. The first-order chi connectivity index (χ1) is 9.44. The molecule has 4 nitrogen and oxygen atoms in total. The molecule has 2 rings (SSSR count). The van der Waals surface area contributed by atoms with E-state index in [4.69, 9.17) is 0 Å². The molecule has 2 fully saturated rings. The number of hydrogen-bond donors (Lipinski definition) is 2. The van der Waals surface area contributed by atoms with Gasteiger partial charge < -0.3 is 15.5 Å². The summed E-state index contributed by atoms with van der Waals surface area (Å²) in [4.78, 5) is 6.92. The van der Waals surface area contributed by atoms with Gasteiger partial charge in [0.15, 0.2) is 5.96 Å². The number of aliphatic imine (C=N–C) groups is 1. The average molecular weight is 280 g/mol. The van der Waals surface area contributed by atoms with Crippen molar-refractivity contribution in [3.8, 4) is 0 Å². The van der Waals surface area contributed by atoms with Crippen LogP contribution in [0.25, 0.3) is 0 Å². The topological polar surface area (TPSA) is 39.7 Å². The molecule has 0 atom stereocenters. The highest BCUT2D eigenvalue weighted by molar-refractivity contribution is 5.80. The van der Waals surface area contributed by atoms with Crippen LogP contribution >= 0.6 is 0 Å². The fourth-order valence-electron chi connectivity index (χ4n) is 3.59. The van der Waals surface area contributed by atoms with Crippen molar-refractivity contribution in [1.82, 2.24) is 15.5 Å². The van der Waals surface area contributed by atoms with Crippen molar-refractivity contribution in [1.29, 1.82) is 0 Å². The van der Waals surface area contributed by atoms with Gasteiger partial charge in [0.2, 0.25) is 0 Å². The van der Waals surface area contributed by atoms with Gasteiger partial charge in [-0.15, -0.1) is 0 Å². The van der Waals surface area contributed by atoms with Crippen molar-refractivity contribution in [3.05, 3.63) is 0 Å². The molecular formula is C16H32N4. The van der Waals surface area contributed by atoms with Gasteiger partial charge in [0.25, 0.3) is 0 Å². The fourth-order valence-corrected chi connectivity index (χ4v) is 3.59. The van der Waals surface area contributed by atoms with Gasteiger partial charge in [0, 0.05) is 38.8 Å². The lowest BCUT2D eigenvalue weighted by molar-refractivity contribution is 0.309. The zero-order valence-electron chi connectivity index (χ0n) is 13.8. The summed E-state index contributed by atoms with van der Waals surface area (Å²) >= 11 is 0. The molecule has 0 aromatic carbocycles. The van der Waals surface area contributed by atoms with Gasteiger partial charge in [-0.2, -0.15) is 0 Å². The minimum atomic E-state index is 0.187. The molecule has 0 aromatic heterocycles. The molecule has 1 heterocycles. The van der Waals surface area contributed by atoms with Gasteiger partial charge in [0.05, 0.1) is 0 Å². The highest BCUT2D eigenvalue weighted by Crippen LogP contribution is 2.45. The summed E-state index contributed by atoms with van der Waals surface area (Å²) in [5, 5.41) is 7.01. The van der Waals surface area contributed by atoms with Gasteiger partial charge in [-0.3, -0.25) is 4.99 Å². The van der Waals surface area contributed by atoms with Crippen molar-refractivity contribution in [2.24, 2.45) is 10.4 Å². The van der Waals surface area contributed by atoms with Gasteiger partial charge in [-0.05, 0) is 45.4 Å². The maximum Gasteiger partial charge on any atom is 0.193 e. The zero-order valence-corrected chi connectivity index (χ0v) is 13.8. The van der Waals surface area contributed by atoms with Crippen LogP contribution in [0.2, 0.25) is 0 Å². The maximum atomic E-state index is 4.46. The van der Waals surface area contributed by atoms with Crippen LogP contribution in [0.3, 0.4) is 0 Å². The minimum Gasteiger partial charge on any atom is -0.355 e. The molecule has 0 bridgehead atoms. The lowest BCUT2D eigenvalue weighted by atomic mass is 9.86. The summed E-state index contributed by atoms with van der Waals surface area (Å²) in [5.74, 6) is 1.09. The summed E-state index contributed by atoms with van der Waals surface area (Å²) in [7, 11) is 1.90. The van der Waals surface area contributed by atoms with E-state index in [0.29, 0.717) is 5.41 Å². The molecule has 1 aliphatic heterocycles. The van der Waals surface area contributed by atoms with Crippen LogP contribution in [0.5, 0.6) is 0 Å².